The summed E-state index contributed by atoms with van der Waals surface area (Å²) in [5, 5.41) is 3.55. The topological polar surface area (TPSA) is 21.3 Å². The summed E-state index contributed by atoms with van der Waals surface area (Å²) in [7, 11) is 0. The molecule has 0 aliphatic rings. The molecule has 1 rings (SSSR count). The highest BCUT2D eigenvalue weighted by Gasteiger charge is 2.15. The van der Waals surface area contributed by atoms with Crippen LogP contribution < -0.4 is 10.1 Å². The van der Waals surface area contributed by atoms with Crippen molar-refractivity contribution >= 4 is 0 Å². The summed E-state index contributed by atoms with van der Waals surface area (Å²) >= 11 is 0. The van der Waals surface area contributed by atoms with Crippen molar-refractivity contribution in [1.82, 2.24) is 5.32 Å². The predicted molar refractivity (Wildman–Crippen MR) is 87.6 cm³/mol. The average Bonchev–Trinajstić information content (AvgIpc) is 2.38. The number of rotatable bonds is 7. The van der Waals surface area contributed by atoms with Crippen LogP contribution in [0.25, 0.3) is 0 Å². The zero-order valence-corrected chi connectivity index (χ0v) is 14.0. The fourth-order valence-electron chi connectivity index (χ4n) is 2.05. The molecule has 114 valence electrons. The van der Waals surface area contributed by atoms with Crippen LogP contribution in [0.2, 0.25) is 0 Å². The number of hydrogen-bond donors (Lipinski definition) is 1. The fourth-order valence-corrected chi connectivity index (χ4v) is 2.05. The van der Waals surface area contributed by atoms with E-state index in [1.807, 2.05) is 0 Å². The van der Waals surface area contributed by atoms with E-state index in [2.05, 4.69) is 71.1 Å². The molecule has 1 aromatic rings. The highest BCUT2D eigenvalue weighted by molar-refractivity contribution is 5.31. The van der Waals surface area contributed by atoms with E-state index in [0.29, 0.717) is 12.0 Å². The zero-order chi connectivity index (χ0) is 15.2. The van der Waals surface area contributed by atoms with Gasteiger partial charge < -0.3 is 10.1 Å². The maximum Gasteiger partial charge on any atom is 0.119 e. The first-order valence-corrected chi connectivity index (χ1v) is 7.81. The Morgan fingerprint density at radius 1 is 1.10 bits per heavy atom. The Labute approximate surface area is 124 Å². The first kappa shape index (κ1) is 17.0. The summed E-state index contributed by atoms with van der Waals surface area (Å²) in [5.41, 5.74) is 1.54. The molecule has 0 saturated carbocycles. The van der Waals surface area contributed by atoms with Crippen LogP contribution in [0.1, 0.15) is 53.5 Å². The highest BCUT2D eigenvalue weighted by Crippen LogP contribution is 2.24. The lowest BCUT2D eigenvalue weighted by molar-refractivity contribution is 0.230. The molecule has 0 saturated heterocycles. The van der Waals surface area contributed by atoms with Crippen molar-refractivity contribution in [3.05, 3.63) is 29.8 Å². The van der Waals surface area contributed by atoms with Gasteiger partial charge in [0.25, 0.3) is 0 Å². The van der Waals surface area contributed by atoms with Crippen LogP contribution in [-0.4, -0.2) is 19.2 Å². The van der Waals surface area contributed by atoms with Crippen LogP contribution in [0, 0.1) is 5.92 Å². The van der Waals surface area contributed by atoms with Gasteiger partial charge in [-0.15, -0.1) is 0 Å². The minimum Gasteiger partial charge on any atom is -0.492 e. The monoisotopic (exact) mass is 277 g/mol. The molecular formula is C18H31NO. The molecule has 1 atom stereocenters. The molecule has 0 heterocycles. The van der Waals surface area contributed by atoms with Crippen LogP contribution in [0.3, 0.4) is 0 Å². The van der Waals surface area contributed by atoms with Crippen LogP contribution in [0.4, 0.5) is 0 Å². The third kappa shape index (κ3) is 5.54. The lowest BCUT2D eigenvalue weighted by Gasteiger charge is -2.23. The molecule has 20 heavy (non-hydrogen) atoms. The Kier molecular flexibility index (Phi) is 6.54. The number of benzene rings is 1. The first-order chi connectivity index (χ1) is 9.34. The van der Waals surface area contributed by atoms with Gasteiger partial charge in [0.1, 0.15) is 12.4 Å². The van der Waals surface area contributed by atoms with Crippen molar-refractivity contribution in [2.24, 2.45) is 5.92 Å². The lowest BCUT2D eigenvalue weighted by Crippen LogP contribution is -2.39. The summed E-state index contributed by atoms with van der Waals surface area (Å²) in [4.78, 5) is 0. The summed E-state index contributed by atoms with van der Waals surface area (Å²) < 4.78 is 5.93. The minimum absolute atomic E-state index is 0.196. The van der Waals surface area contributed by atoms with Gasteiger partial charge in [-0.3, -0.25) is 0 Å². The summed E-state index contributed by atoms with van der Waals surface area (Å²) in [5.74, 6) is 1.54. The third-order valence-electron chi connectivity index (χ3n) is 3.61. The van der Waals surface area contributed by atoms with Crippen molar-refractivity contribution < 1.29 is 4.74 Å². The van der Waals surface area contributed by atoms with E-state index in [-0.39, 0.29) is 5.41 Å². The molecule has 2 nitrogen and oxygen atoms in total. The quantitative estimate of drug-likeness (QED) is 0.798. The van der Waals surface area contributed by atoms with E-state index in [1.54, 1.807) is 0 Å². The van der Waals surface area contributed by atoms with Crippen molar-refractivity contribution in [1.29, 1.82) is 0 Å². The van der Waals surface area contributed by atoms with Gasteiger partial charge in [-0.05, 0) is 42.0 Å². The maximum absolute atomic E-state index is 5.93. The molecule has 0 spiro atoms. The average molecular weight is 277 g/mol. The van der Waals surface area contributed by atoms with E-state index >= 15 is 0 Å². The van der Waals surface area contributed by atoms with E-state index in [1.165, 1.54) is 5.56 Å². The Bertz CT molecular complexity index is 375. The van der Waals surface area contributed by atoms with E-state index < -0.39 is 0 Å². The van der Waals surface area contributed by atoms with Gasteiger partial charge in [-0.1, -0.05) is 53.7 Å². The molecule has 1 aromatic carbocycles. The van der Waals surface area contributed by atoms with Crippen molar-refractivity contribution in [2.75, 3.05) is 13.2 Å². The normalized spacial score (nSPS) is 13.6. The largest absolute Gasteiger partial charge is 0.492 e. The van der Waals surface area contributed by atoms with E-state index in [0.717, 1.165) is 25.3 Å². The van der Waals surface area contributed by atoms with Gasteiger partial charge in [0.05, 0.1) is 0 Å². The smallest absolute Gasteiger partial charge is 0.119 e. The van der Waals surface area contributed by atoms with Gasteiger partial charge in [0.15, 0.2) is 0 Å². The standard InChI is InChI=1S/C18H31NO/c1-7-12-19-17(14(2)3)13-20-16-10-8-15(9-11-16)18(4,5)6/h8-11,14,17,19H,7,12-13H2,1-6H3. The summed E-state index contributed by atoms with van der Waals surface area (Å²) in [6.07, 6.45) is 1.16. The highest BCUT2D eigenvalue weighted by atomic mass is 16.5. The van der Waals surface area contributed by atoms with E-state index in [9.17, 15) is 0 Å². The molecule has 0 fully saturated rings. The van der Waals surface area contributed by atoms with Crippen LogP contribution >= 0.6 is 0 Å². The molecule has 0 aromatic heterocycles. The SMILES string of the molecule is CCCNC(COc1ccc(C(C)(C)C)cc1)C(C)C. The van der Waals surface area contributed by atoms with E-state index in [4.69, 9.17) is 4.74 Å². The Balaban J connectivity index is 2.55. The van der Waals surface area contributed by atoms with Gasteiger partial charge in [0.2, 0.25) is 0 Å². The molecule has 0 bridgehead atoms. The molecule has 1 N–H and O–H groups in total. The van der Waals surface area contributed by atoms with Crippen LogP contribution in [-0.2, 0) is 5.41 Å². The van der Waals surface area contributed by atoms with Crippen LogP contribution in [0.15, 0.2) is 24.3 Å². The Hall–Kier alpha value is -1.02. The lowest BCUT2D eigenvalue weighted by atomic mass is 9.87. The Morgan fingerprint density at radius 2 is 1.70 bits per heavy atom. The first-order valence-electron chi connectivity index (χ1n) is 7.81. The summed E-state index contributed by atoms with van der Waals surface area (Å²) in [6, 6.07) is 8.91. The van der Waals surface area contributed by atoms with Gasteiger partial charge in [0, 0.05) is 6.04 Å². The van der Waals surface area contributed by atoms with Crippen molar-refractivity contribution in [3.8, 4) is 5.75 Å². The second-order valence-electron chi connectivity index (χ2n) is 6.89. The minimum atomic E-state index is 0.196. The second kappa shape index (κ2) is 7.68. The molecular weight excluding hydrogens is 246 g/mol. The predicted octanol–water partition coefficient (Wildman–Crippen LogP) is 4.39. The number of nitrogens with one attached hydrogen (secondary N) is 1. The molecule has 2 heteroatoms. The Morgan fingerprint density at radius 3 is 2.15 bits per heavy atom. The number of hydrogen-bond acceptors (Lipinski definition) is 2. The van der Waals surface area contributed by atoms with Gasteiger partial charge in [-0.25, -0.2) is 0 Å². The molecule has 0 aliphatic heterocycles. The fraction of sp³-hybridized carbons (Fsp3) is 0.667. The van der Waals surface area contributed by atoms with Crippen molar-refractivity contribution in [2.45, 2.75) is 59.4 Å². The van der Waals surface area contributed by atoms with Crippen LogP contribution in [0.5, 0.6) is 5.75 Å². The summed E-state index contributed by atoms with van der Waals surface area (Å²) in [6.45, 7) is 15.1. The van der Waals surface area contributed by atoms with Crippen molar-refractivity contribution in [3.63, 3.8) is 0 Å². The molecule has 0 radical (unpaired) electrons. The molecule has 0 amide bonds. The number of ether oxygens (including phenoxy) is 1. The molecule has 0 aliphatic carbocycles. The maximum atomic E-state index is 5.93. The second-order valence-corrected chi connectivity index (χ2v) is 6.89. The third-order valence-corrected chi connectivity index (χ3v) is 3.61. The van der Waals surface area contributed by atoms with Gasteiger partial charge in [-0.2, -0.15) is 0 Å². The zero-order valence-electron chi connectivity index (χ0n) is 14.0. The van der Waals surface area contributed by atoms with Gasteiger partial charge >= 0.3 is 0 Å². The molecule has 1 unspecified atom stereocenters.